The maximum atomic E-state index is 13.8. The fourth-order valence-corrected chi connectivity index (χ4v) is 3.39. The minimum absolute atomic E-state index is 0.0675. The monoisotopic (exact) mass is 487 g/mol. The van der Waals surface area contributed by atoms with Gasteiger partial charge in [-0.05, 0) is 79.0 Å². The van der Waals surface area contributed by atoms with Crippen LogP contribution in [0.25, 0.3) is 10.9 Å². The molecule has 3 rings (SSSR count). The van der Waals surface area contributed by atoms with E-state index in [0.29, 0.717) is 23.1 Å². The molecule has 26 heavy (non-hydrogen) atoms. The minimum Gasteiger partial charge on any atom is -0.381 e. The Labute approximate surface area is 172 Å². The molecule has 6 heteroatoms. The molecule has 0 amide bonds. The summed E-state index contributed by atoms with van der Waals surface area (Å²) in [5.41, 5.74) is 1.89. The maximum absolute atomic E-state index is 13.8. The number of halogens is 2. The molecular weight excluding hydrogens is 464 g/mol. The standard InChI is InChI=1S/C19H22FNO2.CHIS/c1-3-12-10-15-11-14(6-9-17(15)21-19(12)20)18(22)13-4-7-16(23-2)8-5-13;2-1-3/h6,9-11,13,16H,3-5,7-8H2,1-2H3;1H. The number of ether oxygens (including phenoxy) is 1. The summed E-state index contributed by atoms with van der Waals surface area (Å²) in [7, 11) is 1.73. The third-order valence-corrected chi connectivity index (χ3v) is 4.88. The number of hydrogen-bond donors (Lipinski definition) is 0. The van der Waals surface area contributed by atoms with Gasteiger partial charge < -0.3 is 4.74 Å². The molecule has 0 bridgehead atoms. The summed E-state index contributed by atoms with van der Waals surface area (Å²) in [6, 6.07) is 7.17. The molecule has 2 aromatic rings. The average molecular weight is 487 g/mol. The smallest absolute Gasteiger partial charge is 0.216 e. The van der Waals surface area contributed by atoms with Crippen LogP contribution in [0, 0.1) is 11.9 Å². The molecule has 1 aliphatic carbocycles. The molecule has 1 aromatic heterocycles. The first-order valence-electron chi connectivity index (χ1n) is 8.74. The van der Waals surface area contributed by atoms with Crippen LogP contribution in [0.15, 0.2) is 24.3 Å². The zero-order chi connectivity index (χ0) is 19.1. The number of carbonyl (C=O) groups is 1. The van der Waals surface area contributed by atoms with Crippen LogP contribution in [0.4, 0.5) is 4.39 Å². The van der Waals surface area contributed by atoms with E-state index < -0.39 is 5.95 Å². The lowest BCUT2D eigenvalue weighted by Gasteiger charge is -2.26. The quantitative estimate of drug-likeness (QED) is 0.182. The summed E-state index contributed by atoms with van der Waals surface area (Å²) < 4.78 is 20.7. The van der Waals surface area contributed by atoms with Gasteiger partial charge in [-0.25, -0.2) is 4.98 Å². The SMILES string of the molecule is CCc1cc2cc(C(=O)C3CCC(OC)CC3)ccc2nc1F.S=CI. The first-order valence-corrected chi connectivity index (χ1v) is 10.5. The first-order chi connectivity index (χ1) is 12.5. The van der Waals surface area contributed by atoms with Crippen LogP contribution in [0.3, 0.4) is 0 Å². The van der Waals surface area contributed by atoms with E-state index in [-0.39, 0.29) is 17.8 Å². The number of pyridine rings is 1. The third kappa shape index (κ3) is 5.27. The van der Waals surface area contributed by atoms with Gasteiger partial charge in [-0.3, -0.25) is 4.79 Å². The zero-order valence-corrected chi connectivity index (χ0v) is 18.0. The summed E-state index contributed by atoms with van der Waals surface area (Å²) >= 11 is 6.23. The number of rotatable bonds is 4. The number of aryl methyl sites for hydroxylation is 1. The minimum atomic E-state index is -0.419. The molecule has 1 saturated carbocycles. The van der Waals surface area contributed by atoms with E-state index in [2.05, 4.69) is 17.2 Å². The number of benzene rings is 1. The van der Waals surface area contributed by atoms with Crippen LogP contribution in [0.1, 0.15) is 48.5 Å². The van der Waals surface area contributed by atoms with Crippen molar-refractivity contribution in [2.75, 3.05) is 7.11 Å². The van der Waals surface area contributed by atoms with E-state index >= 15 is 0 Å². The van der Waals surface area contributed by atoms with Crippen molar-refractivity contribution in [1.29, 1.82) is 0 Å². The molecule has 0 unspecified atom stereocenters. The van der Waals surface area contributed by atoms with Crippen LogP contribution in [0.5, 0.6) is 0 Å². The number of hydrogen-bond acceptors (Lipinski definition) is 4. The van der Waals surface area contributed by atoms with Crippen molar-refractivity contribution in [3.8, 4) is 0 Å². The molecule has 140 valence electrons. The van der Waals surface area contributed by atoms with Gasteiger partial charge in [-0.15, -0.1) is 0 Å². The van der Waals surface area contributed by atoms with Crippen LogP contribution in [-0.2, 0) is 11.2 Å². The first kappa shape index (κ1) is 21.3. The number of fused-ring (bicyclic) bond motifs is 1. The number of Topliss-reactive ketones (excluding diaryl/α,β-unsaturated/α-hetero) is 1. The molecule has 0 saturated heterocycles. The van der Waals surface area contributed by atoms with Crippen molar-refractivity contribution in [3.63, 3.8) is 0 Å². The van der Waals surface area contributed by atoms with Crippen molar-refractivity contribution in [2.45, 2.75) is 45.1 Å². The van der Waals surface area contributed by atoms with E-state index in [1.165, 1.54) is 0 Å². The Hall–Kier alpha value is -0.990. The lowest BCUT2D eigenvalue weighted by molar-refractivity contribution is 0.0519. The topological polar surface area (TPSA) is 39.2 Å². The maximum Gasteiger partial charge on any atom is 0.216 e. The number of thiocarbonyl (C=S) groups is 1. The van der Waals surface area contributed by atoms with Gasteiger partial charge in [0.1, 0.15) is 0 Å². The Kier molecular flexibility index (Phi) is 8.50. The molecule has 1 aromatic carbocycles. The van der Waals surface area contributed by atoms with E-state index in [1.807, 2.05) is 35.6 Å². The third-order valence-electron chi connectivity index (χ3n) is 4.88. The van der Waals surface area contributed by atoms with Crippen molar-refractivity contribution < 1.29 is 13.9 Å². The Morgan fingerprint density at radius 3 is 2.58 bits per heavy atom. The van der Waals surface area contributed by atoms with E-state index in [9.17, 15) is 9.18 Å². The van der Waals surface area contributed by atoms with Crippen LogP contribution < -0.4 is 0 Å². The summed E-state index contributed by atoms with van der Waals surface area (Å²) in [6.07, 6.45) is 4.50. The summed E-state index contributed by atoms with van der Waals surface area (Å²) in [5.74, 6) is -0.168. The molecule has 1 aliphatic rings. The summed E-state index contributed by atoms with van der Waals surface area (Å²) in [4.78, 5) is 16.7. The van der Waals surface area contributed by atoms with Crippen LogP contribution in [0.2, 0.25) is 0 Å². The van der Waals surface area contributed by atoms with Crippen molar-refractivity contribution in [2.24, 2.45) is 5.92 Å². The number of methoxy groups -OCH3 is 1. The predicted molar refractivity (Wildman–Crippen MR) is 116 cm³/mol. The predicted octanol–water partition coefficient (Wildman–Crippen LogP) is 5.70. The Morgan fingerprint density at radius 1 is 1.35 bits per heavy atom. The van der Waals surface area contributed by atoms with E-state index in [4.69, 9.17) is 4.74 Å². The number of aromatic nitrogens is 1. The van der Waals surface area contributed by atoms with Gasteiger partial charge in [0.25, 0.3) is 0 Å². The molecule has 1 heterocycles. The fourth-order valence-electron chi connectivity index (χ4n) is 3.39. The highest BCUT2D eigenvalue weighted by atomic mass is 127. The van der Waals surface area contributed by atoms with Gasteiger partial charge in [0.05, 0.1) is 11.6 Å². The molecule has 0 atom stereocenters. The normalized spacial score (nSPS) is 19.5. The van der Waals surface area contributed by atoms with Crippen LogP contribution in [-0.4, -0.2) is 27.4 Å². The summed E-state index contributed by atoms with van der Waals surface area (Å²) in [5, 5.41) is 0.833. The van der Waals surface area contributed by atoms with Gasteiger partial charge in [0, 0.05) is 32.9 Å². The van der Waals surface area contributed by atoms with Crippen molar-refractivity contribution in [3.05, 3.63) is 41.3 Å². The molecule has 1 fully saturated rings. The highest BCUT2D eigenvalue weighted by Gasteiger charge is 2.27. The second-order valence-electron chi connectivity index (χ2n) is 6.36. The average Bonchev–Trinajstić information content (AvgIpc) is 2.67. The summed E-state index contributed by atoms with van der Waals surface area (Å²) in [6.45, 7) is 1.90. The van der Waals surface area contributed by atoms with Gasteiger partial charge in [-0.2, -0.15) is 4.39 Å². The van der Waals surface area contributed by atoms with Crippen LogP contribution >= 0.6 is 34.8 Å². The number of nitrogens with zero attached hydrogens (tertiary/aromatic N) is 1. The largest absolute Gasteiger partial charge is 0.381 e. The Morgan fingerprint density at radius 2 is 2.00 bits per heavy atom. The number of carbonyl (C=O) groups excluding carboxylic acids is 1. The highest BCUT2D eigenvalue weighted by molar-refractivity contribution is 14.1. The van der Waals surface area contributed by atoms with E-state index in [0.717, 1.165) is 31.1 Å². The highest BCUT2D eigenvalue weighted by Crippen LogP contribution is 2.29. The zero-order valence-electron chi connectivity index (χ0n) is 15.0. The Balaban J connectivity index is 0.000000758. The van der Waals surface area contributed by atoms with Crippen molar-refractivity contribution >= 4 is 54.9 Å². The molecule has 3 nitrogen and oxygen atoms in total. The molecule has 0 spiro atoms. The lowest BCUT2D eigenvalue weighted by Crippen LogP contribution is -2.25. The fraction of sp³-hybridized carbons (Fsp3) is 0.450. The van der Waals surface area contributed by atoms with Crippen molar-refractivity contribution in [1.82, 2.24) is 4.98 Å². The van der Waals surface area contributed by atoms with E-state index in [1.54, 1.807) is 28.7 Å². The lowest BCUT2D eigenvalue weighted by atomic mass is 9.82. The van der Waals surface area contributed by atoms with Gasteiger partial charge in [0.15, 0.2) is 5.78 Å². The molecule has 0 radical (unpaired) electrons. The Bertz CT molecular complexity index is 776. The molecule has 0 aliphatic heterocycles. The molecule has 0 N–H and O–H groups in total. The molecular formula is C20H23FINO2S. The second kappa shape index (κ2) is 10.4. The second-order valence-corrected chi connectivity index (χ2v) is 8.07. The van der Waals surface area contributed by atoms with Gasteiger partial charge in [0.2, 0.25) is 5.95 Å². The number of ketones is 1. The van der Waals surface area contributed by atoms with Gasteiger partial charge >= 0.3 is 0 Å². The van der Waals surface area contributed by atoms with Gasteiger partial charge in [-0.1, -0.05) is 19.1 Å².